The molecule has 4 aliphatic rings. The topological polar surface area (TPSA) is 91.3 Å². The summed E-state index contributed by atoms with van der Waals surface area (Å²) in [6.07, 6.45) is -1.81. The number of nitrogens with zero attached hydrogens (tertiary/aromatic N) is 2. The molecule has 3 aromatic rings. The maximum absolute atomic E-state index is 13.1. The molecule has 7 atom stereocenters. The molecular weight excluding hydrogens is 695 g/mol. The summed E-state index contributed by atoms with van der Waals surface area (Å²) in [5.41, 5.74) is 5.97. The van der Waals surface area contributed by atoms with Gasteiger partial charge in [0.25, 0.3) is 0 Å². The van der Waals surface area contributed by atoms with Gasteiger partial charge >= 0.3 is 12.1 Å². The summed E-state index contributed by atoms with van der Waals surface area (Å²) in [5, 5.41) is 12.4. The van der Waals surface area contributed by atoms with Crippen LogP contribution in [0.2, 0.25) is 0 Å². The minimum Gasteiger partial charge on any atom is -0.392 e. The average Bonchev–Trinajstić information content (AvgIpc) is 3.72. The smallest absolute Gasteiger partial charge is 0.392 e. The summed E-state index contributed by atoms with van der Waals surface area (Å²) in [4.78, 5) is 28.1. The number of carbonyl (C=O) groups excluding carboxylic acids is 2. The van der Waals surface area contributed by atoms with Gasteiger partial charge in [0.05, 0.1) is 18.8 Å². The fraction of sp³-hybridized carbons (Fsp3) is 0.535. The summed E-state index contributed by atoms with van der Waals surface area (Å²) < 4.78 is 53.0. The van der Waals surface area contributed by atoms with E-state index in [4.69, 9.17) is 9.47 Å². The molecule has 11 heteroatoms. The molecule has 0 radical (unpaired) electrons. The quantitative estimate of drug-likeness (QED) is 0.233. The molecule has 3 heterocycles. The van der Waals surface area contributed by atoms with Crippen LogP contribution in [0.1, 0.15) is 94.4 Å². The fourth-order valence-corrected chi connectivity index (χ4v) is 9.83. The predicted molar refractivity (Wildman–Crippen MR) is 199 cm³/mol. The van der Waals surface area contributed by atoms with Crippen molar-refractivity contribution in [1.29, 1.82) is 0 Å². The van der Waals surface area contributed by atoms with Crippen molar-refractivity contribution in [1.82, 2.24) is 15.1 Å². The first-order valence-electron chi connectivity index (χ1n) is 19.2. The summed E-state index contributed by atoms with van der Waals surface area (Å²) in [7, 11) is 0. The molecule has 1 saturated carbocycles. The van der Waals surface area contributed by atoms with Crippen molar-refractivity contribution in [3.63, 3.8) is 0 Å². The van der Waals surface area contributed by atoms with Crippen LogP contribution in [0.3, 0.4) is 0 Å². The molecule has 0 aromatic heterocycles. The zero-order valence-electron chi connectivity index (χ0n) is 31.6. The summed E-state index contributed by atoms with van der Waals surface area (Å²) in [6.45, 7) is 11.3. The van der Waals surface area contributed by atoms with Gasteiger partial charge in [-0.3, -0.25) is 14.5 Å². The van der Waals surface area contributed by atoms with Crippen molar-refractivity contribution in [2.75, 3.05) is 19.6 Å². The van der Waals surface area contributed by atoms with Crippen molar-refractivity contribution in [3.05, 3.63) is 95.1 Å². The van der Waals surface area contributed by atoms with Crippen molar-refractivity contribution >= 4 is 11.8 Å². The number of aliphatic hydroxyl groups is 1. The van der Waals surface area contributed by atoms with Crippen LogP contribution < -0.4 is 5.32 Å². The van der Waals surface area contributed by atoms with E-state index in [0.717, 1.165) is 46.5 Å². The second-order valence-electron chi connectivity index (χ2n) is 17.2. The Morgan fingerprint density at radius 1 is 0.926 bits per heavy atom. The van der Waals surface area contributed by atoms with Crippen LogP contribution in [0.4, 0.5) is 13.2 Å². The van der Waals surface area contributed by atoms with Gasteiger partial charge in [-0.15, -0.1) is 0 Å². The molecule has 7 rings (SSSR count). The highest BCUT2D eigenvalue weighted by Crippen LogP contribution is 2.53. The molecule has 4 fully saturated rings. The average molecular weight is 748 g/mol. The molecule has 2 bridgehead atoms. The molecule has 290 valence electrons. The molecule has 3 aliphatic heterocycles. The van der Waals surface area contributed by atoms with Crippen LogP contribution in [-0.4, -0.2) is 70.7 Å². The number of aliphatic hydroxyl groups excluding tert-OH is 1. The number of benzene rings is 3. The molecule has 2 unspecified atom stereocenters. The van der Waals surface area contributed by atoms with E-state index in [1.807, 2.05) is 66.7 Å². The highest BCUT2D eigenvalue weighted by Gasteiger charge is 2.51. The first kappa shape index (κ1) is 38.5. The van der Waals surface area contributed by atoms with Gasteiger partial charge in [0.2, 0.25) is 5.91 Å². The van der Waals surface area contributed by atoms with Gasteiger partial charge in [0, 0.05) is 43.7 Å². The standard InChI is InChI=1S/C43H52F3N3O5/c1-27-36(23-48-26-42(4)21-34(48)20-41(2,3)25-42)53-39(54-37(27)30-15-13-28(24-50)14-16-30)33-11-6-10-32(19-33)31-9-5-8-29(18-31)22-47-38(51)35-12-7-17-49(35)40(52)43(44,45)46/h5-6,8-11,13-16,18-19,27,34-37,39,50H,7,12,17,20-26H2,1-4H3,(H,47,51)/t27-,34?,35+,36+,37+,39+,42?/m1/s1. The second kappa shape index (κ2) is 15.0. The third-order valence-electron chi connectivity index (χ3n) is 12.0. The zero-order chi connectivity index (χ0) is 38.4. The lowest BCUT2D eigenvalue weighted by atomic mass is 9.65. The van der Waals surface area contributed by atoms with E-state index in [2.05, 4.69) is 44.0 Å². The summed E-state index contributed by atoms with van der Waals surface area (Å²) in [6, 6.07) is 23.0. The van der Waals surface area contributed by atoms with Gasteiger partial charge in [0.1, 0.15) is 6.04 Å². The minimum atomic E-state index is -5.02. The number of rotatable bonds is 9. The Hall–Kier alpha value is -3.77. The monoisotopic (exact) mass is 747 g/mol. The number of fused-ring (bicyclic) bond motifs is 2. The van der Waals surface area contributed by atoms with E-state index in [1.54, 1.807) is 0 Å². The normalized spacial score (nSPS) is 29.7. The number of ether oxygens (including phenoxy) is 2. The Kier molecular flexibility index (Phi) is 10.7. The Labute approximate surface area is 316 Å². The van der Waals surface area contributed by atoms with E-state index in [1.165, 1.54) is 19.3 Å². The Morgan fingerprint density at radius 3 is 2.37 bits per heavy atom. The van der Waals surface area contributed by atoms with Gasteiger partial charge in [-0.05, 0) is 82.9 Å². The summed E-state index contributed by atoms with van der Waals surface area (Å²) in [5.74, 6) is -2.50. The zero-order valence-corrected chi connectivity index (χ0v) is 31.6. The molecule has 8 nitrogen and oxygen atoms in total. The van der Waals surface area contributed by atoms with Gasteiger partial charge in [-0.25, -0.2) is 0 Å². The van der Waals surface area contributed by atoms with Gasteiger partial charge in [-0.2, -0.15) is 13.2 Å². The molecular formula is C43H52F3N3O5. The molecule has 0 spiro atoms. The van der Waals surface area contributed by atoms with E-state index in [9.17, 15) is 27.9 Å². The number of carbonyl (C=O) groups is 2. The largest absolute Gasteiger partial charge is 0.471 e. The number of alkyl halides is 3. The Bertz CT molecular complexity index is 1830. The number of nitrogens with one attached hydrogen (secondary N) is 1. The van der Waals surface area contributed by atoms with Crippen LogP contribution >= 0.6 is 0 Å². The van der Waals surface area contributed by atoms with Crippen molar-refractivity contribution in [2.24, 2.45) is 16.7 Å². The van der Waals surface area contributed by atoms with E-state index < -0.39 is 30.3 Å². The lowest BCUT2D eigenvalue weighted by Crippen LogP contribution is -2.50. The second-order valence-corrected chi connectivity index (χ2v) is 17.2. The van der Waals surface area contributed by atoms with Crippen molar-refractivity contribution in [2.45, 2.75) is 110 Å². The molecule has 54 heavy (non-hydrogen) atoms. The van der Waals surface area contributed by atoms with E-state index in [-0.39, 0.29) is 44.2 Å². The summed E-state index contributed by atoms with van der Waals surface area (Å²) >= 11 is 0. The Morgan fingerprint density at radius 2 is 1.65 bits per heavy atom. The van der Waals surface area contributed by atoms with Gasteiger partial charge in [-0.1, -0.05) is 88.4 Å². The van der Waals surface area contributed by atoms with Crippen LogP contribution in [0.25, 0.3) is 11.1 Å². The molecule has 2 N–H and O–H groups in total. The SMILES string of the molecule is C[C@@H]1[C@H](CN2CC3(C)CC2CC(C)(C)C3)O[C@H](c2cccc(-c3cccc(CNC(=O)[C@@H]4CCCN4C(=O)C(F)(F)F)c3)c2)O[C@@H]1c1ccc(CO)cc1. The molecule has 2 amide bonds. The molecule has 1 aliphatic carbocycles. The first-order valence-corrected chi connectivity index (χ1v) is 19.2. The minimum absolute atomic E-state index is 0.0242. The predicted octanol–water partition coefficient (Wildman–Crippen LogP) is 7.71. The third-order valence-corrected chi connectivity index (χ3v) is 12.0. The number of amides is 2. The lowest BCUT2D eigenvalue weighted by molar-refractivity contribution is -0.276. The molecule has 3 saturated heterocycles. The Balaban J connectivity index is 1.09. The highest BCUT2D eigenvalue weighted by atomic mass is 19.4. The lowest BCUT2D eigenvalue weighted by Gasteiger charge is -2.43. The number of hydrogen-bond donors (Lipinski definition) is 2. The first-order chi connectivity index (χ1) is 25.6. The van der Waals surface area contributed by atoms with Crippen LogP contribution in [-0.2, 0) is 32.2 Å². The van der Waals surface area contributed by atoms with Gasteiger partial charge < -0.3 is 24.8 Å². The van der Waals surface area contributed by atoms with E-state index in [0.29, 0.717) is 28.2 Å². The fourth-order valence-electron chi connectivity index (χ4n) is 9.83. The number of halogens is 3. The highest BCUT2D eigenvalue weighted by molar-refractivity contribution is 5.90. The third kappa shape index (κ3) is 8.25. The number of likely N-dealkylation sites (tertiary alicyclic amines) is 2. The molecule has 3 aromatic carbocycles. The maximum Gasteiger partial charge on any atom is 0.471 e. The van der Waals surface area contributed by atoms with Crippen LogP contribution in [0.15, 0.2) is 72.8 Å². The van der Waals surface area contributed by atoms with Gasteiger partial charge in [0.15, 0.2) is 6.29 Å². The van der Waals surface area contributed by atoms with Crippen LogP contribution in [0, 0.1) is 16.7 Å². The number of hydrogen-bond acceptors (Lipinski definition) is 6. The van der Waals surface area contributed by atoms with Crippen LogP contribution in [0.5, 0.6) is 0 Å². The van der Waals surface area contributed by atoms with Crippen molar-refractivity contribution in [3.8, 4) is 11.1 Å². The van der Waals surface area contributed by atoms with Crippen molar-refractivity contribution < 1.29 is 37.3 Å². The maximum atomic E-state index is 13.1. The van der Waals surface area contributed by atoms with E-state index >= 15 is 0 Å².